The Bertz CT molecular complexity index is 740. The number of rotatable bonds is 5. The van der Waals surface area contributed by atoms with Crippen molar-refractivity contribution in [2.45, 2.75) is 17.9 Å². The fourth-order valence-corrected chi connectivity index (χ4v) is 3.24. The van der Waals surface area contributed by atoms with Crippen LogP contribution in [0.15, 0.2) is 29.2 Å². The average Bonchev–Trinajstić information content (AvgIpc) is 2.90. The van der Waals surface area contributed by atoms with Crippen LogP contribution in [0, 0.1) is 0 Å². The Labute approximate surface area is 153 Å². The highest BCUT2D eigenvalue weighted by Crippen LogP contribution is 2.14. The lowest BCUT2D eigenvalue weighted by Crippen LogP contribution is -2.52. The molecule has 10 heteroatoms. The summed E-state index contributed by atoms with van der Waals surface area (Å²) < 4.78 is 30.4. The molecule has 0 bridgehead atoms. The molecular formula is C16H24N4O5S. The summed E-state index contributed by atoms with van der Waals surface area (Å²) in [5.74, 6) is -0.721. The van der Waals surface area contributed by atoms with Crippen LogP contribution in [0.2, 0.25) is 0 Å². The van der Waals surface area contributed by atoms with Gasteiger partial charge in [-0.3, -0.25) is 14.6 Å². The van der Waals surface area contributed by atoms with Crippen molar-refractivity contribution in [3.05, 3.63) is 29.8 Å². The molecule has 1 aliphatic rings. The zero-order valence-electron chi connectivity index (χ0n) is 15.1. The first-order valence-corrected chi connectivity index (χ1v) is 9.63. The fourth-order valence-electron chi connectivity index (χ4n) is 2.34. The third-order valence-corrected chi connectivity index (χ3v) is 5.72. The minimum atomic E-state index is -3.55. The quantitative estimate of drug-likeness (QED) is 0.703. The first kappa shape index (κ1) is 20.3. The van der Waals surface area contributed by atoms with E-state index in [1.807, 2.05) is 0 Å². The first-order chi connectivity index (χ1) is 12.2. The molecule has 1 atom stereocenters. The van der Waals surface area contributed by atoms with E-state index in [1.165, 1.54) is 43.4 Å². The molecule has 0 aromatic heterocycles. The van der Waals surface area contributed by atoms with Gasteiger partial charge >= 0.3 is 0 Å². The Kier molecular flexibility index (Phi) is 6.70. The maximum atomic E-state index is 12.4. The number of carbonyl (C=O) groups excluding carboxylic acids is 2. The van der Waals surface area contributed by atoms with Crippen molar-refractivity contribution >= 4 is 21.8 Å². The molecule has 144 valence electrons. The Morgan fingerprint density at radius 2 is 1.88 bits per heavy atom. The van der Waals surface area contributed by atoms with Crippen LogP contribution in [-0.2, 0) is 19.6 Å². The fraction of sp³-hybridized carbons (Fsp3) is 0.500. The topological polar surface area (TPSA) is 108 Å². The number of hydrogen-bond donors (Lipinski definition) is 2. The lowest BCUT2D eigenvalue weighted by atomic mass is 10.2. The van der Waals surface area contributed by atoms with Crippen molar-refractivity contribution in [2.24, 2.45) is 0 Å². The Morgan fingerprint density at radius 3 is 2.50 bits per heavy atom. The van der Waals surface area contributed by atoms with Gasteiger partial charge in [-0.2, -0.15) is 0 Å². The van der Waals surface area contributed by atoms with Crippen LogP contribution in [0.1, 0.15) is 17.3 Å². The highest BCUT2D eigenvalue weighted by Gasteiger charge is 2.24. The van der Waals surface area contributed by atoms with E-state index in [0.717, 1.165) is 4.31 Å². The maximum absolute atomic E-state index is 12.4. The van der Waals surface area contributed by atoms with E-state index in [-0.39, 0.29) is 16.4 Å². The minimum Gasteiger partial charge on any atom is -0.378 e. The molecule has 1 heterocycles. The second-order valence-electron chi connectivity index (χ2n) is 6.02. The number of hydrazine groups is 1. The number of ether oxygens (including phenoxy) is 1. The third-order valence-electron chi connectivity index (χ3n) is 3.89. The van der Waals surface area contributed by atoms with Crippen LogP contribution in [0.5, 0.6) is 0 Å². The molecule has 2 N–H and O–H groups in total. The van der Waals surface area contributed by atoms with Crippen molar-refractivity contribution in [1.29, 1.82) is 0 Å². The summed E-state index contributed by atoms with van der Waals surface area (Å²) in [4.78, 5) is 24.8. The number of benzene rings is 1. The second-order valence-corrected chi connectivity index (χ2v) is 8.17. The summed E-state index contributed by atoms with van der Waals surface area (Å²) in [6.45, 7) is 3.47. The smallest absolute Gasteiger partial charge is 0.259 e. The van der Waals surface area contributed by atoms with E-state index in [9.17, 15) is 18.0 Å². The number of hydrogen-bond acceptors (Lipinski definition) is 6. The van der Waals surface area contributed by atoms with Crippen molar-refractivity contribution in [1.82, 2.24) is 20.1 Å². The van der Waals surface area contributed by atoms with Gasteiger partial charge in [0.2, 0.25) is 10.0 Å². The van der Waals surface area contributed by atoms with Gasteiger partial charge in [0.1, 0.15) is 6.04 Å². The predicted octanol–water partition coefficient (Wildman–Crippen LogP) is -0.581. The third kappa shape index (κ3) is 4.79. The number of carbonyl (C=O) groups is 2. The molecule has 9 nitrogen and oxygen atoms in total. The summed E-state index contributed by atoms with van der Waals surface area (Å²) in [6, 6.07) is 4.83. The summed E-state index contributed by atoms with van der Waals surface area (Å²) in [5.41, 5.74) is 3.22. The van der Waals surface area contributed by atoms with Crippen molar-refractivity contribution in [3.63, 3.8) is 0 Å². The van der Waals surface area contributed by atoms with Crippen molar-refractivity contribution < 1.29 is 22.7 Å². The molecule has 26 heavy (non-hydrogen) atoms. The van der Waals surface area contributed by atoms with E-state index in [4.69, 9.17) is 4.74 Å². The molecule has 1 unspecified atom stereocenters. The van der Waals surface area contributed by atoms with Crippen LogP contribution < -0.4 is 10.7 Å². The lowest BCUT2D eigenvalue weighted by molar-refractivity contribution is -0.135. The molecule has 0 spiro atoms. The number of nitrogens with zero attached hydrogens (tertiary/aromatic N) is 2. The van der Waals surface area contributed by atoms with E-state index in [0.29, 0.717) is 26.3 Å². The normalized spacial score (nSPS) is 16.8. The molecule has 2 rings (SSSR count). The van der Waals surface area contributed by atoms with Gasteiger partial charge in [0.25, 0.3) is 11.8 Å². The van der Waals surface area contributed by atoms with Gasteiger partial charge < -0.3 is 10.1 Å². The monoisotopic (exact) mass is 384 g/mol. The molecule has 1 aromatic rings. The standard InChI is InChI=1S/C16H24N4O5S/c1-12(16(22)20-9-11-25-10-8-17-20)18-15(21)13-4-6-14(7-5-13)26(23,24)19(2)3/h4-7,12,17H,8-11H2,1-3H3,(H,18,21). The van der Waals surface area contributed by atoms with Gasteiger partial charge in [0.05, 0.1) is 24.7 Å². The van der Waals surface area contributed by atoms with Crippen molar-refractivity contribution in [2.75, 3.05) is 40.4 Å². The summed E-state index contributed by atoms with van der Waals surface area (Å²) in [6.07, 6.45) is 0. The number of sulfonamides is 1. The van der Waals surface area contributed by atoms with Crippen LogP contribution in [-0.4, -0.2) is 76.0 Å². The average molecular weight is 384 g/mol. The molecule has 2 amide bonds. The highest BCUT2D eigenvalue weighted by molar-refractivity contribution is 7.89. The maximum Gasteiger partial charge on any atom is 0.259 e. The molecule has 0 saturated carbocycles. The van der Waals surface area contributed by atoms with Crippen LogP contribution in [0.3, 0.4) is 0 Å². The highest BCUT2D eigenvalue weighted by atomic mass is 32.2. The zero-order valence-corrected chi connectivity index (χ0v) is 15.9. The van der Waals surface area contributed by atoms with Gasteiger partial charge in [0.15, 0.2) is 0 Å². The minimum absolute atomic E-state index is 0.0944. The number of nitrogens with one attached hydrogen (secondary N) is 2. The SMILES string of the molecule is CC(NC(=O)c1ccc(S(=O)(=O)N(C)C)cc1)C(=O)N1CCOCCN1. The second kappa shape index (κ2) is 8.58. The molecule has 1 fully saturated rings. The molecule has 1 aromatic carbocycles. The van der Waals surface area contributed by atoms with Crippen LogP contribution in [0.4, 0.5) is 0 Å². The molecule has 1 saturated heterocycles. The largest absolute Gasteiger partial charge is 0.378 e. The summed E-state index contributed by atoms with van der Waals surface area (Å²) in [5, 5.41) is 4.06. The molecule has 0 radical (unpaired) electrons. The summed E-state index contributed by atoms with van der Waals surface area (Å²) >= 11 is 0. The summed E-state index contributed by atoms with van der Waals surface area (Å²) in [7, 11) is -0.682. The van der Waals surface area contributed by atoms with Gasteiger partial charge in [-0.25, -0.2) is 18.1 Å². The number of amides is 2. The lowest BCUT2D eigenvalue weighted by Gasteiger charge is -2.24. The van der Waals surface area contributed by atoms with E-state index in [1.54, 1.807) is 6.92 Å². The molecular weight excluding hydrogens is 360 g/mol. The van der Waals surface area contributed by atoms with Crippen molar-refractivity contribution in [3.8, 4) is 0 Å². The van der Waals surface area contributed by atoms with Crippen LogP contribution in [0.25, 0.3) is 0 Å². The Balaban J connectivity index is 2.01. The van der Waals surface area contributed by atoms with E-state index >= 15 is 0 Å². The first-order valence-electron chi connectivity index (χ1n) is 8.19. The van der Waals surface area contributed by atoms with E-state index in [2.05, 4.69) is 10.7 Å². The predicted molar refractivity (Wildman–Crippen MR) is 94.8 cm³/mol. The molecule has 0 aliphatic carbocycles. The van der Waals surface area contributed by atoms with Gasteiger partial charge in [-0.15, -0.1) is 0 Å². The van der Waals surface area contributed by atoms with Crippen LogP contribution >= 0.6 is 0 Å². The Morgan fingerprint density at radius 1 is 1.23 bits per heavy atom. The van der Waals surface area contributed by atoms with E-state index < -0.39 is 22.0 Å². The molecule has 1 aliphatic heterocycles. The van der Waals surface area contributed by atoms with Gasteiger partial charge in [0, 0.05) is 26.2 Å². The Hall–Kier alpha value is -2.01. The van der Waals surface area contributed by atoms with Gasteiger partial charge in [-0.1, -0.05) is 0 Å². The van der Waals surface area contributed by atoms with Gasteiger partial charge in [-0.05, 0) is 31.2 Å². The zero-order chi connectivity index (χ0) is 19.3.